The van der Waals surface area contributed by atoms with Gasteiger partial charge in [0.2, 0.25) is 0 Å². The summed E-state index contributed by atoms with van der Waals surface area (Å²) in [6.07, 6.45) is 0. The lowest BCUT2D eigenvalue weighted by molar-refractivity contribution is 0.0697. The summed E-state index contributed by atoms with van der Waals surface area (Å²) in [5.41, 5.74) is -0.629. The molecular weight excluding hydrogens is 338 g/mol. The summed E-state index contributed by atoms with van der Waals surface area (Å²) in [7, 11) is -4.63. The lowest BCUT2D eigenvalue weighted by Gasteiger charge is -2.17. The topological polar surface area (TPSA) is 129 Å². The maximum atomic E-state index is 12.4. The zero-order chi connectivity index (χ0) is 17.6. The minimum atomic E-state index is -4.63. The average Bonchev–Trinajstić information content (AvgIpc) is 2.78. The molecule has 2 aromatic rings. The molecule has 1 aliphatic heterocycles. The number of carbonyl (C=O) groups is 3. The van der Waals surface area contributed by atoms with E-state index < -0.39 is 38.4 Å². The van der Waals surface area contributed by atoms with Gasteiger partial charge in [-0.2, -0.15) is 8.42 Å². The van der Waals surface area contributed by atoms with Crippen LogP contribution in [0.1, 0.15) is 31.1 Å². The van der Waals surface area contributed by atoms with Crippen LogP contribution in [0.15, 0.2) is 47.4 Å². The molecule has 2 aromatic carbocycles. The maximum Gasteiger partial charge on any atom is 0.337 e. The van der Waals surface area contributed by atoms with E-state index >= 15 is 0 Å². The molecule has 2 N–H and O–H groups in total. The lowest BCUT2D eigenvalue weighted by Crippen LogP contribution is -2.31. The highest BCUT2D eigenvalue weighted by Crippen LogP contribution is 2.32. The number of rotatable bonds is 3. The Bertz CT molecular complexity index is 975. The van der Waals surface area contributed by atoms with Gasteiger partial charge in [-0.3, -0.25) is 14.1 Å². The molecule has 0 atom stereocenters. The first-order valence-electron chi connectivity index (χ1n) is 6.54. The Morgan fingerprint density at radius 3 is 1.96 bits per heavy atom. The second-order valence-corrected chi connectivity index (χ2v) is 6.37. The third kappa shape index (κ3) is 2.36. The van der Waals surface area contributed by atoms with Gasteiger partial charge in [-0.25, -0.2) is 9.69 Å². The number of nitrogens with zero attached hydrogens (tertiary/aromatic N) is 1. The van der Waals surface area contributed by atoms with Gasteiger partial charge < -0.3 is 5.11 Å². The van der Waals surface area contributed by atoms with Crippen molar-refractivity contribution in [1.82, 2.24) is 0 Å². The molecule has 3 rings (SSSR count). The van der Waals surface area contributed by atoms with Gasteiger partial charge in [0.15, 0.2) is 0 Å². The van der Waals surface area contributed by atoms with Gasteiger partial charge in [0.05, 0.1) is 27.3 Å². The van der Waals surface area contributed by atoms with Crippen LogP contribution in [0.5, 0.6) is 0 Å². The molecule has 9 heteroatoms. The Morgan fingerprint density at radius 1 is 0.958 bits per heavy atom. The fourth-order valence-electron chi connectivity index (χ4n) is 2.45. The molecule has 0 fully saturated rings. The average molecular weight is 347 g/mol. The number of imide groups is 1. The van der Waals surface area contributed by atoms with Crippen molar-refractivity contribution in [2.45, 2.75) is 4.90 Å². The zero-order valence-corrected chi connectivity index (χ0v) is 12.6. The molecule has 8 nitrogen and oxygen atoms in total. The molecule has 0 aromatic heterocycles. The van der Waals surface area contributed by atoms with Crippen LogP contribution >= 0.6 is 0 Å². The van der Waals surface area contributed by atoms with E-state index in [0.29, 0.717) is 11.0 Å². The predicted molar refractivity (Wildman–Crippen MR) is 80.8 cm³/mol. The van der Waals surface area contributed by atoms with E-state index in [2.05, 4.69) is 0 Å². The fourth-order valence-corrected chi connectivity index (χ4v) is 2.96. The van der Waals surface area contributed by atoms with Crippen LogP contribution in [0.25, 0.3) is 0 Å². The van der Waals surface area contributed by atoms with Crippen LogP contribution < -0.4 is 4.90 Å². The van der Waals surface area contributed by atoms with Crippen LogP contribution in [0.3, 0.4) is 0 Å². The van der Waals surface area contributed by atoms with Crippen molar-refractivity contribution < 1.29 is 32.5 Å². The smallest absolute Gasteiger partial charge is 0.337 e. The first-order chi connectivity index (χ1) is 11.2. The summed E-state index contributed by atoms with van der Waals surface area (Å²) in [5.74, 6) is -2.97. The zero-order valence-electron chi connectivity index (χ0n) is 11.8. The number of benzene rings is 2. The number of hydrogen-bond donors (Lipinski definition) is 2. The lowest BCUT2D eigenvalue weighted by atomic mass is 10.1. The van der Waals surface area contributed by atoms with Crippen molar-refractivity contribution in [2.75, 3.05) is 4.90 Å². The highest BCUT2D eigenvalue weighted by atomic mass is 32.2. The van der Waals surface area contributed by atoms with Crippen LogP contribution in [0.2, 0.25) is 0 Å². The van der Waals surface area contributed by atoms with Gasteiger partial charge >= 0.3 is 5.97 Å². The highest BCUT2D eigenvalue weighted by molar-refractivity contribution is 7.85. The number of anilines is 1. The molecule has 0 spiro atoms. The van der Waals surface area contributed by atoms with E-state index in [4.69, 9.17) is 4.55 Å². The molecule has 2 amide bonds. The van der Waals surface area contributed by atoms with E-state index in [1.54, 1.807) is 12.1 Å². The second kappa shape index (κ2) is 5.25. The first kappa shape index (κ1) is 15.8. The molecule has 122 valence electrons. The van der Waals surface area contributed by atoms with Gasteiger partial charge in [-0.05, 0) is 30.3 Å². The van der Waals surface area contributed by atoms with Gasteiger partial charge in [0.1, 0.15) is 0 Å². The molecular formula is C15H9NO7S. The standard InChI is InChI=1S/C15H9NO7S/c17-13-9-3-1-2-4-10(9)14(18)16(13)12-6-5-8(24(21,22)23)7-11(12)15(19)20/h1-7H,(H,19,20)(H,21,22,23). The quantitative estimate of drug-likeness (QED) is 0.634. The van der Waals surface area contributed by atoms with Crippen LogP contribution in [0.4, 0.5) is 5.69 Å². The molecule has 0 unspecified atom stereocenters. The van der Waals surface area contributed by atoms with E-state index in [-0.39, 0.29) is 16.8 Å². The number of carboxylic acids is 1. The summed E-state index contributed by atoms with van der Waals surface area (Å²) in [4.78, 5) is 36.3. The Hall–Kier alpha value is -3.04. The summed E-state index contributed by atoms with van der Waals surface area (Å²) >= 11 is 0. The van der Waals surface area contributed by atoms with Crippen LogP contribution in [-0.4, -0.2) is 35.9 Å². The Balaban J connectivity index is 2.19. The Kier molecular flexibility index (Phi) is 3.47. The van der Waals surface area contributed by atoms with E-state index in [0.717, 1.165) is 12.1 Å². The van der Waals surface area contributed by atoms with E-state index in [1.165, 1.54) is 12.1 Å². The summed E-state index contributed by atoms with van der Waals surface area (Å²) in [6, 6.07) is 8.59. The van der Waals surface area contributed by atoms with Crippen molar-refractivity contribution in [2.24, 2.45) is 0 Å². The van der Waals surface area contributed by atoms with Crippen LogP contribution in [0, 0.1) is 0 Å². The number of amides is 2. The van der Waals surface area contributed by atoms with Gasteiger partial charge in [-0.15, -0.1) is 0 Å². The predicted octanol–water partition coefficient (Wildman–Crippen LogP) is 1.43. The largest absolute Gasteiger partial charge is 0.478 e. The van der Waals surface area contributed by atoms with E-state index in [1.807, 2.05) is 0 Å². The normalized spacial score (nSPS) is 14.0. The van der Waals surface area contributed by atoms with Gasteiger partial charge in [0.25, 0.3) is 21.9 Å². The van der Waals surface area contributed by atoms with Crippen molar-refractivity contribution >= 4 is 33.6 Å². The summed E-state index contributed by atoms with van der Waals surface area (Å²) < 4.78 is 31.4. The SMILES string of the molecule is O=C(O)c1cc(S(=O)(=O)O)ccc1N1C(=O)c2ccccc2C1=O. The fraction of sp³-hybridized carbons (Fsp3) is 0. The van der Waals surface area contributed by atoms with Crippen molar-refractivity contribution in [3.8, 4) is 0 Å². The Labute approximate surface area is 135 Å². The minimum Gasteiger partial charge on any atom is -0.478 e. The number of hydrogen-bond acceptors (Lipinski definition) is 5. The first-order valence-corrected chi connectivity index (χ1v) is 7.98. The molecule has 24 heavy (non-hydrogen) atoms. The van der Waals surface area contributed by atoms with Crippen molar-refractivity contribution in [1.29, 1.82) is 0 Å². The third-order valence-corrected chi connectivity index (χ3v) is 4.38. The monoisotopic (exact) mass is 347 g/mol. The number of aromatic carboxylic acids is 1. The van der Waals surface area contributed by atoms with E-state index in [9.17, 15) is 27.9 Å². The van der Waals surface area contributed by atoms with Crippen LogP contribution in [-0.2, 0) is 10.1 Å². The minimum absolute atomic E-state index is 0.123. The third-order valence-electron chi connectivity index (χ3n) is 3.53. The molecule has 0 bridgehead atoms. The maximum absolute atomic E-state index is 12.4. The van der Waals surface area contributed by atoms with Crippen molar-refractivity contribution in [3.05, 3.63) is 59.2 Å². The molecule has 0 saturated heterocycles. The number of fused-ring (bicyclic) bond motifs is 1. The highest BCUT2D eigenvalue weighted by Gasteiger charge is 2.38. The summed E-state index contributed by atoms with van der Waals surface area (Å²) in [5, 5.41) is 9.28. The van der Waals surface area contributed by atoms with Crippen molar-refractivity contribution in [3.63, 3.8) is 0 Å². The number of carbonyl (C=O) groups excluding carboxylic acids is 2. The molecule has 0 saturated carbocycles. The second-order valence-electron chi connectivity index (χ2n) is 4.95. The molecule has 1 heterocycles. The van der Waals surface area contributed by atoms with Gasteiger partial charge in [-0.1, -0.05) is 12.1 Å². The van der Waals surface area contributed by atoms with Gasteiger partial charge in [0, 0.05) is 0 Å². The molecule has 0 aliphatic carbocycles. The molecule has 1 aliphatic rings. The summed E-state index contributed by atoms with van der Waals surface area (Å²) in [6.45, 7) is 0. The number of carboxylic acid groups (broad SMARTS) is 1. The molecule has 0 radical (unpaired) electrons. The Morgan fingerprint density at radius 2 is 1.50 bits per heavy atom.